The van der Waals surface area contributed by atoms with E-state index in [1.165, 1.54) is 23.3 Å². The largest absolute Gasteiger partial charge is 0.481 e. The Labute approximate surface area is 144 Å². The Bertz CT molecular complexity index is 780. The van der Waals surface area contributed by atoms with Gasteiger partial charge in [-0.2, -0.15) is 0 Å². The summed E-state index contributed by atoms with van der Waals surface area (Å²) in [4.78, 5) is 25.0. The fraction of sp³-hybridized carbons (Fsp3) is 0.588. The number of aliphatic carboxylic acids is 1. The van der Waals surface area contributed by atoms with Crippen molar-refractivity contribution >= 4 is 33.3 Å². The van der Waals surface area contributed by atoms with Gasteiger partial charge in [0.05, 0.1) is 17.8 Å². The first-order chi connectivity index (χ1) is 11.6. The van der Waals surface area contributed by atoms with Crippen LogP contribution in [0.3, 0.4) is 0 Å². The second kappa shape index (κ2) is 6.29. The highest BCUT2D eigenvalue weighted by Crippen LogP contribution is 2.37. The van der Waals surface area contributed by atoms with E-state index >= 15 is 0 Å². The molecule has 2 aromatic rings. The lowest BCUT2D eigenvalue weighted by molar-refractivity contribution is -0.143. The summed E-state index contributed by atoms with van der Waals surface area (Å²) < 4.78 is 0. The number of rotatable bonds is 3. The predicted molar refractivity (Wildman–Crippen MR) is 94.1 cm³/mol. The average molecular weight is 346 g/mol. The van der Waals surface area contributed by atoms with Gasteiger partial charge in [-0.05, 0) is 57.2 Å². The Morgan fingerprint density at radius 1 is 1.25 bits per heavy atom. The molecular formula is C17H22N4O2S. The van der Waals surface area contributed by atoms with E-state index in [2.05, 4.69) is 9.88 Å². The molecule has 128 valence electrons. The van der Waals surface area contributed by atoms with Gasteiger partial charge in [0, 0.05) is 4.88 Å². The number of anilines is 1. The molecule has 1 aliphatic carbocycles. The van der Waals surface area contributed by atoms with E-state index in [1.54, 1.807) is 11.3 Å². The van der Waals surface area contributed by atoms with Crippen molar-refractivity contribution in [2.45, 2.75) is 45.1 Å². The molecule has 4 rings (SSSR count). The number of aryl methyl sites for hydroxylation is 2. The number of hydrogen-bond acceptors (Lipinski definition) is 6. The number of carbonyl (C=O) groups is 1. The molecule has 0 atom stereocenters. The van der Waals surface area contributed by atoms with E-state index in [4.69, 9.17) is 15.8 Å². The van der Waals surface area contributed by atoms with Crippen molar-refractivity contribution in [2.75, 3.05) is 18.8 Å². The molecule has 2 aromatic heterocycles. The number of fused-ring (bicyclic) bond motifs is 3. The first kappa shape index (κ1) is 15.8. The summed E-state index contributed by atoms with van der Waals surface area (Å²) >= 11 is 1.77. The molecule has 1 saturated heterocycles. The number of carboxylic acid groups (broad SMARTS) is 1. The van der Waals surface area contributed by atoms with Crippen molar-refractivity contribution in [3.8, 4) is 0 Å². The Morgan fingerprint density at radius 2 is 2.00 bits per heavy atom. The van der Waals surface area contributed by atoms with Gasteiger partial charge in [0.2, 0.25) is 0 Å². The molecule has 0 unspecified atom stereocenters. The number of nitrogens with zero attached hydrogens (tertiary/aromatic N) is 3. The number of thiophene rings is 1. The van der Waals surface area contributed by atoms with Gasteiger partial charge in [0.1, 0.15) is 16.5 Å². The molecule has 0 aromatic carbocycles. The van der Waals surface area contributed by atoms with Crippen molar-refractivity contribution in [3.05, 3.63) is 16.3 Å². The summed E-state index contributed by atoms with van der Waals surface area (Å²) in [6.45, 7) is 2.20. The third kappa shape index (κ3) is 2.86. The van der Waals surface area contributed by atoms with Crippen LogP contribution in [0.4, 0.5) is 5.82 Å². The maximum atomic E-state index is 11.0. The van der Waals surface area contributed by atoms with Crippen LogP contribution in [0.15, 0.2) is 0 Å². The van der Waals surface area contributed by atoms with E-state index in [-0.39, 0.29) is 5.92 Å². The second-order valence-corrected chi connectivity index (χ2v) is 7.89. The fourth-order valence-corrected chi connectivity index (χ4v) is 5.13. The molecule has 0 radical (unpaired) electrons. The monoisotopic (exact) mass is 346 g/mol. The summed E-state index contributed by atoms with van der Waals surface area (Å²) in [5, 5.41) is 10.2. The minimum Gasteiger partial charge on any atom is -0.481 e. The van der Waals surface area contributed by atoms with E-state index in [0.29, 0.717) is 25.2 Å². The number of likely N-dealkylation sites (tertiary alicyclic amines) is 1. The molecule has 6 nitrogen and oxygen atoms in total. The fourth-order valence-electron chi connectivity index (χ4n) is 3.84. The topological polar surface area (TPSA) is 92.3 Å². The summed E-state index contributed by atoms with van der Waals surface area (Å²) in [5.74, 6) is 0.474. The van der Waals surface area contributed by atoms with Gasteiger partial charge in [0.25, 0.3) is 0 Å². The Morgan fingerprint density at radius 3 is 2.75 bits per heavy atom. The van der Waals surface area contributed by atoms with Crippen molar-refractivity contribution in [1.29, 1.82) is 0 Å². The smallest absolute Gasteiger partial charge is 0.306 e. The summed E-state index contributed by atoms with van der Waals surface area (Å²) in [6.07, 6.45) is 6.08. The van der Waals surface area contributed by atoms with Crippen molar-refractivity contribution < 1.29 is 9.90 Å². The summed E-state index contributed by atoms with van der Waals surface area (Å²) in [7, 11) is 0. The van der Waals surface area contributed by atoms with Crippen LogP contribution in [0, 0.1) is 5.92 Å². The zero-order valence-electron chi connectivity index (χ0n) is 13.6. The molecule has 0 spiro atoms. The van der Waals surface area contributed by atoms with Gasteiger partial charge in [-0.15, -0.1) is 11.3 Å². The number of nitrogens with two attached hydrogens (primary N) is 1. The zero-order chi connectivity index (χ0) is 16.7. The van der Waals surface area contributed by atoms with Gasteiger partial charge in [-0.25, -0.2) is 9.97 Å². The quantitative estimate of drug-likeness (QED) is 0.887. The standard InChI is InChI=1S/C17H22N4O2S/c18-15-14-11-3-1-2-4-12(11)24-16(14)20-13(19-15)9-21-7-5-10(6-8-21)17(22)23/h10H,1-9H2,(H,22,23)(H2,18,19,20). The van der Waals surface area contributed by atoms with Gasteiger partial charge in [-0.3, -0.25) is 9.69 Å². The molecule has 2 aliphatic rings. The lowest BCUT2D eigenvalue weighted by Gasteiger charge is -2.29. The van der Waals surface area contributed by atoms with Gasteiger partial charge in [-0.1, -0.05) is 0 Å². The van der Waals surface area contributed by atoms with Crippen LogP contribution in [0.1, 0.15) is 41.9 Å². The Hall–Kier alpha value is -1.73. The minimum atomic E-state index is -0.680. The van der Waals surface area contributed by atoms with E-state index in [9.17, 15) is 4.79 Å². The molecule has 7 heteroatoms. The Balaban J connectivity index is 1.54. The number of piperidine rings is 1. The molecule has 0 bridgehead atoms. The molecule has 0 amide bonds. The van der Waals surface area contributed by atoms with Crippen molar-refractivity contribution in [1.82, 2.24) is 14.9 Å². The predicted octanol–water partition coefficient (Wildman–Crippen LogP) is 2.45. The molecule has 1 aliphatic heterocycles. The SMILES string of the molecule is Nc1nc(CN2CCC(C(=O)O)CC2)nc2sc3c(c12)CCCC3. The zero-order valence-corrected chi connectivity index (χ0v) is 14.4. The van der Waals surface area contributed by atoms with Crippen LogP contribution in [-0.4, -0.2) is 39.0 Å². The molecular weight excluding hydrogens is 324 g/mol. The molecule has 1 fully saturated rings. The average Bonchev–Trinajstić information content (AvgIpc) is 2.94. The van der Waals surface area contributed by atoms with Crippen LogP contribution >= 0.6 is 11.3 Å². The highest BCUT2D eigenvalue weighted by molar-refractivity contribution is 7.19. The van der Waals surface area contributed by atoms with Gasteiger partial charge in [0.15, 0.2) is 0 Å². The third-order valence-electron chi connectivity index (χ3n) is 5.19. The van der Waals surface area contributed by atoms with Gasteiger partial charge >= 0.3 is 5.97 Å². The third-order valence-corrected chi connectivity index (χ3v) is 6.38. The van der Waals surface area contributed by atoms with E-state index < -0.39 is 5.97 Å². The molecule has 24 heavy (non-hydrogen) atoms. The molecule has 3 heterocycles. The Kier molecular flexibility index (Phi) is 4.14. The van der Waals surface area contributed by atoms with Crippen molar-refractivity contribution in [3.63, 3.8) is 0 Å². The highest BCUT2D eigenvalue weighted by Gasteiger charge is 2.25. The summed E-state index contributed by atoms with van der Waals surface area (Å²) in [6, 6.07) is 0. The molecule has 0 saturated carbocycles. The van der Waals surface area contributed by atoms with E-state index in [0.717, 1.165) is 42.0 Å². The van der Waals surface area contributed by atoms with E-state index in [1.807, 2.05) is 0 Å². The number of carboxylic acids is 1. The number of aromatic nitrogens is 2. The van der Waals surface area contributed by atoms with Crippen molar-refractivity contribution in [2.24, 2.45) is 5.92 Å². The van der Waals surface area contributed by atoms with Crippen LogP contribution in [0.2, 0.25) is 0 Å². The first-order valence-corrected chi connectivity index (χ1v) is 9.45. The first-order valence-electron chi connectivity index (χ1n) is 8.63. The maximum absolute atomic E-state index is 11.0. The lowest BCUT2D eigenvalue weighted by Crippen LogP contribution is -2.36. The van der Waals surface area contributed by atoms with Crippen LogP contribution in [0.25, 0.3) is 10.2 Å². The normalized spacial score (nSPS) is 19.5. The van der Waals surface area contributed by atoms with Crippen LogP contribution < -0.4 is 5.73 Å². The lowest BCUT2D eigenvalue weighted by atomic mass is 9.97. The van der Waals surface area contributed by atoms with Crippen LogP contribution in [-0.2, 0) is 24.2 Å². The molecule has 3 N–H and O–H groups in total. The number of nitrogen functional groups attached to an aromatic ring is 1. The number of hydrogen-bond donors (Lipinski definition) is 2. The van der Waals surface area contributed by atoms with Gasteiger partial charge < -0.3 is 10.8 Å². The van der Waals surface area contributed by atoms with Crippen LogP contribution in [0.5, 0.6) is 0 Å². The highest BCUT2D eigenvalue weighted by atomic mass is 32.1. The second-order valence-electron chi connectivity index (χ2n) is 6.80. The maximum Gasteiger partial charge on any atom is 0.306 e. The summed E-state index contributed by atoms with van der Waals surface area (Å²) in [5.41, 5.74) is 7.62. The minimum absolute atomic E-state index is 0.210.